The second kappa shape index (κ2) is 15.3. The van der Waals surface area contributed by atoms with Crippen molar-refractivity contribution in [2.24, 2.45) is 0 Å². The molecule has 10 aromatic carbocycles. The van der Waals surface area contributed by atoms with Crippen LogP contribution < -0.4 is 0 Å². The molecule has 0 N–H and O–H groups in total. The third-order valence-corrected chi connectivity index (χ3v) is 12.8. The van der Waals surface area contributed by atoms with Crippen molar-refractivity contribution in [3.05, 3.63) is 242 Å². The lowest BCUT2D eigenvalue weighted by Gasteiger charge is -2.16. The summed E-state index contributed by atoms with van der Waals surface area (Å²) in [6.07, 6.45) is 0. The Morgan fingerprint density at radius 1 is 0.297 bits per heavy atom. The largest absolute Gasteiger partial charge is 0.309 e. The van der Waals surface area contributed by atoms with E-state index in [0.29, 0.717) is 5.56 Å². The molecule has 3 heteroatoms. The molecule has 12 rings (SSSR count). The predicted octanol–water partition coefficient (Wildman–Crippen LogP) is 16.1. The fourth-order valence-corrected chi connectivity index (χ4v) is 9.81. The van der Waals surface area contributed by atoms with Crippen molar-refractivity contribution in [2.75, 3.05) is 0 Å². The zero-order valence-corrected chi connectivity index (χ0v) is 34.9. The normalized spacial score (nSPS) is 11.4. The van der Waals surface area contributed by atoms with Gasteiger partial charge in [0.15, 0.2) is 0 Å². The van der Waals surface area contributed by atoms with Crippen LogP contribution in [0.1, 0.15) is 5.56 Å². The molecule has 0 saturated heterocycles. The van der Waals surface area contributed by atoms with Crippen LogP contribution in [0, 0.1) is 11.3 Å². The van der Waals surface area contributed by atoms with E-state index < -0.39 is 0 Å². The Kier molecular flexibility index (Phi) is 8.88. The number of nitriles is 1. The Labute approximate surface area is 371 Å². The second-order valence-corrected chi connectivity index (χ2v) is 16.4. The van der Waals surface area contributed by atoms with Gasteiger partial charge in [0.25, 0.3) is 0 Å². The van der Waals surface area contributed by atoms with E-state index in [-0.39, 0.29) is 0 Å². The van der Waals surface area contributed by atoms with E-state index in [1.54, 1.807) is 0 Å². The molecule has 0 aliphatic heterocycles. The van der Waals surface area contributed by atoms with Crippen molar-refractivity contribution >= 4 is 43.6 Å². The first kappa shape index (κ1) is 37.1. The summed E-state index contributed by atoms with van der Waals surface area (Å²) >= 11 is 0. The predicted molar refractivity (Wildman–Crippen MR) is 267 cm³/mol. The van der Waals surface area contributed by atoms with Gasteiger partial charge in [0, 0.05) is 38.4 Å². The molecular formula is C61H39N3. The van der Waals surface area contributed by atoms with Crippen LogP contribution in [0.15, 0.2) is 237 Å². The number of para-hydroxylation sites is 1. The van der Waals surface area contributed by atoms with Crippen LogP contribution in [-0.2, 0) is 0 Å². The van der Waals surface area contributed by atoms with Crippen LogP contribution >= 0.6 is 0 Å². The molecular weight excluding hydrogens is 775 g/mol. The van der Waals surface area contributed by atoms with E-state index >= 15 is 0 Å². The van der Waals surface area contributed by atoms with Crippen LogP contribution in [0.3, 0.4) is 0 Å². The summed E-state index contributed by atoms with van der Waals surface area (Å²) in [7, 11) is 0. The van der Waals surface area contributed by atoms with Gasteiger partial charge in [-0.3, -0.25) is 0 Å². The molecule has 0 radical (unpaired) electrons. The van der Waals surface area contributed by atoms with Gasteiger partial charge in [0.2, 0.25) is 0 Å². The third-order valence-electron chi connectivity index (χ3n) is 12.8. The van der Waals surface area contributed by atoms with Crippen LogP contribution in [-0.4, -0.2) is 9.13 Å². The summed E-state index contributed by atoms with van der Waals surface area (Å²) in [5.41, 5.74) is 18.7. The SMILES string of the molecule is N#Cc1ccc(-n2c3ccc(-c4ccc5c(c4)c4ccccc4n5-c4ccc(-c5ccccc5)cc4-c4ccccc4)cc3c3c(-c4ccccc4)cccc32)cc1-c1ccccc1. The molecule has 0 atom stereocenters. The summed E-state index contributed by atoms with van der Waals surface area (Å²) < 4.78 is 4.80. The average Bonchev–Trinajstić information content (AvgIpc) is 3.89. The Morgan fingerprint density at radius 3 is 1.48 bits per heavy atom. The molecule has 3 nitrogen and oxygen atoms in total. The highest BCUT2D eigenvalue weighted by molar-refractivity contribution is 6.17. The van der Waals surface area contributed by atoms with Gasteiger partial charge in [-0.05, 0) is 111 Å². The van der Waals surface area contributed by atoms with Crippen molar-refractivity contribution in [2.45, 2.75) is 0 Å². The fraction of sp³-hybridized carbons (Fsp3) is 0. The molecule has 0 amide bonds. The van der Waals surface area contributed by atoms with Crippen molar-refractivity contribution in [3.8, 4) is 73.1 Å². The minimum Gasteiger partial charge on any atom is -0.309 e. The van der Waals surface area contributed by atoms with Crippen LogP contribution in [0.4, 0.5) is 0 Å². The lowest BCUT2D eigenvalue weighted by atomic mass is 9.96. The van der Waals surface area contributed by atoms with Gasteiger partial charge < -0.3 is 9.13 Å². The maximum atomic E-state index is 10.2. The summed E-state index contributed by atoms with van der Waals surface area (Å²) in [4.78, 5) is 0. The molecule has 0 fully saturated rings. The first-order valence-corrected chi connectivity index (χ1v) is 21.7. The van der Waals surface area contributed by atoms with Gasteiger partial charge in [0.1, 0.15) is 0 Å². The van der Waals surface area contributed by atoms with Gasteiger partial charge in [0.05, 0.1) is 39.4 Å². The monoisotopic (exact) mass is 813 g/mol. The highest BCUT2D eigenvalue weighted by Gasteiger charge is 2.21. The molecule has 298 valence electrons. The number of nitrogens with zero attached hydrogens (tertiary/aromatic N) is 3. The minimum absolute atomic E-state index is 0.653. The maximum Gasteiger partial charge on any atom is 0.0998 e. The Hall–Kier alpha value is -8.71. The Balaban J connectivity index is 1.06. The average molecular weight is 814 g/mol. The number of aromatic nitrogens is 2. The zero-order valence-electron chi connectivity index (χ0n) is 34.9. The molecule has 2 heterocycles. The standard InChI is InChI=1S/C61H39N3/c62-40-48-28-32-49(39-52(48)43-20-9-3-10-21-43)63-59-35-31-47(38-55(59)61-50(25-15-27-60(61)63)42-18-7-2-8-19-42)46-30-34-58-54(37-46)51-24-13-14-26-56(51)64(58)57-33-29-45(41-16-5-1-6-17-41)36-53(57)44-22-11-4-12-23-44/h1-39H. The lowest BCUT2D eigenvalue weighted by Crippen LogP contribution is -1.98. The highest BCUT2D eigenvalue weighted by atomic mass is 15.0. The smallest absolute Gasteiger partial charge is 0.0998 e. The number of fused-ring (bicyclic) bond motifs is 6. The van der Waals surface area contributed by atoms with E-state index in [1.807, 2.05) is 24.3 Å². The molecule has 0 unspecified atom stereocenters. The number of rotatable bonds is 7. The van der Waals surface area contributed by atoms with Crippen LogP contribution in [0.25, 0.3) is 111 Å². The van der Waals surface area contributed by atoms with Crippen molar-refractivity contribution in [1.29, 1.82) is 5.26 Å². The first-order valence-electron chi connectivity index (χ1n) is 21.7. The molecule has 0 bridgehead atoms. The summed E-state index contributed by atoms with van der Waals surface area (Å²) in [6.45, 7) is 0. The number of hydrogen-bond acceptors (Lipinski definition) is 1. The lowest BCUT2D eigenvalue weighted by molar-refractivity contribution is 1.18. The van der Waals surface area contributed by atoms with E-state index in [0.717, 1.165) is 50.2 Å². The molecule has 0 spiro atoms. The van der Waals surface area contributed by atoms with Crippen molar-refractivity contribution < 1.29 is 0 Å². The molecule has 12 aromatic rings. The molecule has 0 aliphatic rings. The third kappa shape index (κ3) is 6.12. The maximum absolute atomic E-state index is 10.2. The molecule has 0 aliphatic carbocycles. The van der Waals surface area contributed by atoms with Crippen LogP contribution in [0.2, 0.25) is 0 Å². The van der Waals surface area contributed by atoms with Gasteiger partial charge in [-0.1, -0.05) is 170 Å². The highest BCUT2D eigenvalue weighted by Crippen LogP contribution is 2.43. The summed E-state index contributed by atoms with van der Waals surface area (Å²) in [5, 5.41) is 15.0. The Morgan fingerprint density at radius 2 is 0.812 bits per heavy atom. The summed E-state index contributed by atoms with van der Waals surface area (Å²) in [6, 6.07) is 87.0. The fourth-order valence-electron chi connectivity index (χ4n) is 9.81. The zero-order chi connectivity index (χ0) is 42.6. The number of benzene rings is 10. The topological polar surface area (TPSA) is 33.6 Å². The quantitative estimate of drug-likeness (QED) is 0.158. The Bertz CT molecular complexity index is 3760. The molecule has 2 aromatic heterocycles. The molecule has 0 saturated carbocycles. The van der Waals surface area contributed by atoms with Gasteiger partial charge in [-0.25, -0.2) is 0 Å². The first-order chi connectivity index (χ1) is 31.7. The van der Waals surface area contributed by atoms with E-state index in [2.05, 4.69) is 228 Å². The second-order valence-electron chi connectivity index (χ2n) is 16.4. The van der Waals surface area contributed by atoms with E-state index in [9.17, 15) is 5.26 Å². The van der Waals surface area contributed by atoms with Crippen molar-refractivity contribution in [1.82, 2.24) is 9.13 Å². The minimum atomic E-state index is 0.653. The van der Waals surface area contributed by atoms with Gasteiger partial charge in [-0.2, -0.15) is 5.26 Å². The van der Waals surface area contributed by atoms with E-state index in [4.69, 9.17) is 0 Å². The van der Waals surface area contributed by atoms with Crippen LogP contribution in [0.5, 0.6) is 0 Å². The van der Waals surface area contributed by atoms with Gasteiger partial charge in [-0.15, -0.1) is 0 Å². The van der Waals surface area contributed by atoms with E-state index in [1.165, 1.54) is 60.4 Å². The molecule has 64 heavy (non-hydrogen) atoms. The summed E-state index contributed by atoms with van der Waals surface area (Å²) in [5.74, 6) is 0. The van der Waals surface area contributed by atoms with Crippen molar-refractivity contribution in [3.63, 3.8) is 0 Å². The number of hydrogen-bond donors (Lipinski definition) is 0. The van der Waals surface area contributed by atoms with Gasteiger partial charge >= 0.3 is 0 Å².